The van der Waals surface area contributed by atoms with Crippen molar-refractivity contribution in [3.8, 4) is 10.6 Å². The highest BCUT2D eigenvalue weighted by molar-refractivity contribution is 7.13. The van der Waals surface area contributed by atoms with Gasteiger partial charge in [0.15, 0.2) is 6.61 Å². The van der Waals surface area contributed by atoms with Crippen molar-refractivity contribution in [2.24, 2.45) is 0 Å². The lowest BCUT2D eigenvalue weighted by atomic mass is 10.1. The van der Waals surface area contributed by atoms with Gasteiger partial charge in [-0.1, -0.05) is 31.2 Å². The number of rotatable bonds is 5. The van der Waals surface area contributed by atoms with E-state index in [2.05, 4.69) is 15.2 Å². The fraction of sp³-hybridized carbons (Fsp3) is 0.158. The summed E-state index contributed by atoms with van der Waals surface area (Å²) in [5.41, 5.74) is 1.96. The Bertz CT molecular complexity index is 1060. The lowest BCUT2D eigenvalue weighted by Crippen LogP contribution is -2.07. The third-order valence-electron chi connectivity index (χ3n) is 3.85. The highest BCUT2D eigenvalue weighted by Crippen LogP contribution is 2.28. The lowest BCUT2D eigenvalue weighted by molar-refractivity contribution is 0.0439. The number of nitrogens with zero attached hydrogens (tertiary/aromatic N) is 3. The predicted molar refractivity (Wildman–Crippen MR) is 97.9 cm³/mol. The Kier molecular flexibility index (Phi) is 4.45. The van der Waals surface area contributed by atoms with E-state index >= 15 is 0 Å². The maximum Gasteiger partial charge on any atom is 0.339 e. The van der Waals surface area contributed by atoms with Crippen LogP contribution in [-0.2, 0) is 17.8 Å². The van der Waals surface area contributed by atoms with Crippen molar-refractivity contribution in [2.75, 3.05) is 0 Å². The number of ether oxygens (including phenoxy) is 1. The van der Waals surface area contributed by atoms with E-state index in [1.54, 1.807) is 17.4 Å². The Morgan fingerprint density at radius 3 is 2.77 bits per heavy atom. The summed E-state index contributed by atoms with van der Waals surface area (Å²) in [6, 6.07) is 13.2. The third-order valence-corrected chi connectivity index (χ3v) is 4.74. The van der Waals surface area contributed by atoms with Crippen LogP contribution in [0.5, 0.6) is 0 Å². The number of fused-ring (bicyclic) bond motifs is 1. The molecule has 7 heteroatoms. The molecular formula is C19H15N3O3S. The molecule has 0 atom stereocenters. The number of para-hydroxylation sites is 1. The van der Waals surface area contributed by atoms with Crippen molar-refractivity contribution in [1.29, 1.82) is 0 Å². The van der Waals surface area contributed by atoms with Crippen LogP contribution >= 0.6 is 11.3 Å². The molecule has 6 nitrogen and oxygen atoms in total. The van der Waals surface area contributed by atoms with Crippen molar-refractivity contribution in [2.45, 2.75) is 20.0 Å². The normalized spacial score (nSPS) is 11.0. The number of esters is 1. The minimum absolute atomic E-state index is 0.0587. The molecule has 0 bridgehead atoms. The smallest absolute Gasteiger partial charge is 0.339 e. The van der Waals surface area contributed by atoms with Crippen LogP contribution < -0.4 is 0 Å². The van der Waals surface area contributed by atoms with Crippen LogP contribution in [0.2, 0.25) is 0 Å². The Hall–Kier alpha value is -3.06. The second-order valence-electron chi connectivity index (χ2n) is 5.57. The van der Waals surface area contributed by atoms with Gasteiger partial charge in [0.2, 0.25) is 5.89 Å². The predicted octanol–water partition coefficient (Wildman–Crippen LogP) is 4.27. The summed E-state index contributed by atoms with van der Waals surface area (Å²) in [5.74, 6) is 0.357. The molecule has 4 rings (SSSR count). The fourth-order valence-electron chi connectivity index (χ4n) is 2.59. The van der Waals surface area contributed by atoms with Crippen LogP contribution in [0.1, 0.15) is 29.1 Å². The van der Waals surface area contributed by atoms with Crippen molar-refractivity contribution >= 4 is 28.2 Å². The summed E-state index contributed by atoms with van der Waals surface area (Å²) in [5, 5.41) is 10.5. The molecule has 0 radical (unpaired) electrons. The molecule has 4 aromatic rings. The molecule has 0 saturated carbocycles. The van der Waals surface area contributed by atoms with Crippen molar-refractivity contribution in [3.63, 3.8) is 0 Å². The van der Waals surface area contributed by atoms with Gasteiger partial charge in [0.05, 0.1) is 21.7 Å². The quantitative estimate of drug-likeness (QED) is 0.492. The summed E-state index contributed by atoms with van der Waals surface area (Å²) in [6.45, 7) is 1.86. The Morgan fingerprint density at radius 2 is 2.00 bits per heavy atom. The third kappa shape index (κ3) is 3.21. The number of hydrogen-bond donors (Lipinski definition) is 0. The first kappa shape index (κ1) is 16.4. The van der Waals surface area contributed by atoms with E-state index in [1.807, 2.05) is 48.7 Å². The zero-order valence-electron chi connectivity index (χ0n) is 14.0. The molecule has 0 unspecified atom stereocenters. The van der Waals surface area contributed by atoms with Crippen LogP contribution in [0.4, 0.5) is 0 Å². The molecule has 0 amide bonds. The minimum Gasteiger partial charge on any atom is -0.452 e. The molecule has 0 N–H and O–H groups in total. The van der Waals surface area contributed by atoms with Gasteiger partial charge >= 0.3 is 5.97 Å². The minimum atomic E-state index is -0.447. The van der Waals surface area contributed by atoms with Gasteiger partial charge in [-0.05, 0) is 23.6 Å². The molecule has 1 aromatic carbocycles. The number of carbonyl (C=O) groups excluding carboxylic acids is 1. The van der Waals surface area contributed by atoms with Crippen LogP contribution in [0.3, 0.4) is 0 Å². The number of hydrogen-bond acceptors (Lipinski definition) is 7. The SMILES string of the molecule is CCc1nnc(COC(=O)c2cc(-c3cccs3)nc3ccccc23)o1. The van der Waals surface area contributed by atoms with E-state index in [9.17, 15) is 4.79 Å². The molecule has 26 heavy (non-hydrogen) atoms. The van der Waals surface area contributed by atoms with Crippen LogP contribution in [0.25, 0.3) is 21.5 Å². The number of carbonyl (C=O) groups is 1. The number of pyridine rings is 1. The van der Waals surface area contributed by atoms with Gasteiger partial charge in [-0.3, -0.25) is 0 Å². The van der Waals surface area contributed by atoms with Crippen LogP contribution in [0.15, 0.2) is 52.3 Å². The van der Waals surface area contributed by atoms with Gasteiger partial charge in [0, 0.05) is 11.8 Å². The first-order chi connectivity index (χ1) is 12.7. The van der Waals surface area contributed by atoms with Gasteiger partial charge < -0.3 is 9.15 Å². The highest BCUT2D eigenvalue weighted by Gasteiger charge is 2.17. The number of benzene rings is 1. The Balaban J connectivity index is 1.66. The Labute approximate surface area is 153 Å². The van der Waals surface area contributed by atoms with Gasteiger partial charge in [-0.15, -0.1) is 21.5 Å². The largest absolute Gasteiger partial charge is 0.452 e. The van der Waals surface area contributed by atoms with Gasteiger partial charge in [0.25, 0.3) is 5.89 Å². The fourth-order valence-corrected chi connectivity index (χ4v) is 3.28. The van der Waals surface area contributed by atoms with Crippen LogP contribution in [-0.4, -0.2) is 21.2 Å². The van der Waals surface area contributed by atoms with Crippen molar-refractivity contribution in [3.05, 3.63) is 65.2 Å². The summed E-state index contributed by atoms with van der Waals surface area (Å²) in [6.07, 6.45) is 0.639. The summed E-state index contributed by atoms with van der Waals surface area (Å²) in [4.78, 5) is 18.3. The van der Waals surface area contributed by atoms with E-state index in [4.69, 9.17) is 9.15 Å². The number of aromatic nitrogens is 3. The molecule has 0 aliphatic carbocycles. The second kappa shape index (κ2) is 7.05. The molecule has 0 spiro atoms. The van der Waals surface area contributed by atoms with E-state index in [-0.39, 0.29) is 12.5 Å². The highest BCUT2D eigenvalue weighted by atomic mass is 32.1. The van der Waals surface area contributed by atoms with Gasteiger partial charge in [0.1, 0.15) is 0 Å². The van der Waals surface area contributed by atoms with E-state index in [1.165, 1.54) is 0 Å². The topological polar surface area (TPSA) is 78.1 Å². The lowest BCUT2D eigenvalue weighted by Gasteiger charge is -2.08. The summed E-state index contributed by atoms with van der Waals surface area (Å²) >= 11 is 1.57. The zero-order valence-corrected chi connectivity index (χ0v) is 14.8. The second-order valence-corrected chi connectivity index (χ2v) is 6.52. The zero-order chi connectivity index (χ0) is 17.9. The van der Waals surface area contributed by atoms with E-state index in [0.717, 1.165) is 21.5 Å². The molecule has 0 fully saturated rings. The average Bonchev–Trinajstić information content (AvgIpc) is 3.37. The van der Waals surface area contributed by atoms with E-state index < -0.39 is 5.97 Å². The number of aryl methyl sites for hydroxylation is 1. The maximum atomic E-state index is 12.7. The molecule has 130 valence electrons. The number of thiophene rings is 1. The van der Waals surface area contributed by atoms with Crippen LogP contribution in [0, 0.1) is 0 Å². The maximum absolute atomic E-state index is 12.7. The monoisotopic (exact) mass is 365 g/mol. The molecule has 3 aromatic heterocycles. The summed E-state index contributed by atoms with van der Waals surface area (Å²) < 4.78 is 10.8. The molecule has 0 aliphatic heterocycles. The van der Waals surface area contributed by atoms with Crippen molar-refractivity contribution < 1.29 is 13.9 Å². The molecule has 0 aliphatic rings. The standard InChI is InChI=1S/C19H15N3O3S/c1-2-17-21-22-18(25-17)11-24-19(23)13-10-15(16-8-5-9-26-16)20-14-7-4-3-6-12(13)14/h3-10H,2,11H2,1H3. The van der Waals surface area contributed by atoms with Gasteiger partial charge in [-0.25, -0.2) is 9.78 Å². The van der Waals surface area contributed by atoms with Crippen molar-refractivity contribution in [1.82, 2.24) is 15.2 Å². The Morgan fingerprint density at radius 1 is 1.15 bits per heavy atom. The summed E-state index contributed by atoms with van der Waals surface area (Å²) in [7, 11) is 0. The molecule has 3 heterocycles. The average molecular weight is 365 g/mol. The molecule has 0 saturated heterocycles. The van der Waals surface area contributed by atoms with Gasteiger partial charge in [-0.2, -0.15) is 0 Å². The first-order valence-electron chi connectivity index (χ1n) is 8.16. The first-order valence-corrected chi connectivity index (χ1v) is 9.04. The molecular weight excluding hydrogens is 350 g/mol. The van der Waals surface area contributed by atoms with E-state index in [0.29, 0.717) is 17.9 Å².